The molecule has 2 heterocycles. The summed E-state index contributed by atoms with van der Waals surface area (Å²) in [5.74, 6) is -0.402. The molecule has 0 saturated heterocycles. The molecule has 7 nitrogen and oxygen atoms in total. The van der Waals surface area contributed by atoms with Gasteiger partial charge >= 0.3 is 12.1 Å². The van der Waals surface area contributed by atoms with Crippen LogP contribution in [0.1, 0.15) is 57.5 Å². The van der Waals surface area contributed by atoms with Gasteiger partial charge in [0.25, 0.3) is 0 Å². The van der Waals surface area contributed by atoms with Crippen molar-refractivity contribution in [1.29, 1.82) is 0 Å². The van der Waals surface area contributed by atoms with Crippen molar-refractivity contribution in [3.8, 4) is 17.0 Å². The van der Waals surface area contributed by atoms with Crippen molar-refractivity contribution in [2.75, 3.05) is 31.4 Å². The van der Waals surface area contributed by atoms with Crippen LogP contribution in [-0.4, -0.2) is 48.8 Å². The Morgan fingerprint density at radius 3 is 2.36 bits per heavy atom. The lowest BCUT2D eigenvalue weighted by Gasteiger charge is -2.44. The van der Waals surface area contributed by atoms with Crippen LogP contribution < -0.4 is 15.2 Å². The third-order valence-electron chi connectivity index (χ3n) is 5.07. The van der Waals surface area contributed by atoms with Crippen molar-refractivity contribution in [3.63, 3.8) is 0 Å². The van der Waals surface area contributed by atoms with Gasteiger partial charge < -0.3 is 19.2 Å². The van der Waals surface area contributed by atoms with Gasteiger partial charge in [0.15, 0.2) is 5.43 Å². The van der Waals surface area contributed by atoms with Gasteiger partial charge in [0.1, 0.15) is 24.5 Å². The Balaban J connectivity index is 0.00000222. The highest BCUT2D eigenvalue weighted by Gasteiger charge is 2.31. The van der Waals surface area contributed by atoms with Gasteiger partial charge in [-0.3, -0.25) is 9.47 Å². The maximum atomic E-state index is 12.7. The lowest BCUT2D eigenvalue weighted by atomic mass is 9.97. The second kappa shape index (κ2) is 12.0. The molecule has 0 amide bonds. The number of benzene rings is 1. The van der Waals surface area contributed by atoms with Gasteiger partial charge in [-0.05, 0) is 45.4 Å². The predicted molar refractivity (Wildman–Crippen MR) is 132 cm³/mol. The molecule has 0 N–H and O–H groups in total. The highest BCUT2D eigenvalue weighted by Crippen LogP contribution is 2.38. The van der Waals surface area contributed by atoms with Crippen LogP contribution in [-0.2, 0) is 16.0 Å². The summed E-state index contributed by atoms with van der Waals surface area (Å²) in [6.07, 6.45) is -2.93. The van der Waals surface area contributed by atoms with Gasteiger partial charge in [-0.25, -0.2) is 4.79 Å². The standard InChI is InChI=1S/C23H26ClF3N2O5.C2H6/c1-5-33-21(31)16-12-28-18(10-19(16)30)15-9-17(24)20(34-7-6-32-13-23(25,26)27)8-14(15)11-29(28)22(2,3)4;1-2/h8-10,12H,5-7,11,13H2,1-4H3;1-2H3. The van der Waals surface area contributed by atoms with Crippen molar-refractivity contribution >= 4 is 17.6 Å². The number of aromatic nitrogens is 1. The first-order valence-electron chi connectivity index (χ1n) is 11.6. The number of carbonyl (C=O) groups is 1. The van der Waals surface area contributed by atoms with Gasteiger partial charge in [0.2, 0.25) is 0 Å². The SMILES string of the molecule is CC.CCOC(=O)c1cn2c(cc1=O)-c1cc(Cl)c(OCCOCC(F)(F)F)cc1CN2C(C)(C)C. The number of nitrogens with zero attached hydrogens (tertiary/aromatic N) is 2. The Labute approximate surface area is 213 Å². The summed E-state index contributed by atoms with van der Waals surface area (Å²) < 4.78 is 53.5. The fourth-order valence-electron chi connectivity index (χ4n) is 3.56. The second-order valence-corrected chi connectivity index (χ2v) is 9.09. The molecule has 1 aliphatic heterocycles. The molecule has 36 heavy (non-hydrogen) atoms. The van der Waals surface area contributed by atoms with Crippen LogP contribution in [0.25, 0.3) is 11.3 Å². The number of esters is 1. The molecule has 2 aromatic rings. The number of fused-ring (bicyclic) bond motifs is 3. The van der Waals surface area contributed by atoms with E-state index in [2.05, 4.69) is 4.74 Å². The second-order valence-electron chi connectivity index (χ2n) is 8.69. The van der Waals surface area contributed by atoms with E-state index >= 15 is 0 Å². The first-order valence-corrected chi connectivity index (χ1v) is 12.0. The lowest BCUT2D eigenvalue weighted by Crippen LogP contribution is -2.51. The highest BCUT2D eigenvalue weighted by atomic mass is 35.5. The predicted octanol–water partition coefficient (Wildman–Crippen LogP) is 5.58. The monoisotopic (exact) mass is 532 g/mol. The maximum absolute atomic E-state index is 12.7. The molecule has 200 valence electrons. The molecule has 11 heteroatoms. The van der Waals surface area contributed by atoms with Crippen molar-refractivity contribution in [2.24, 2.45) is 0 Å². The number of hydrogen-bond donors (Lipinski definition) is 0. The molecule has 0 spiro atoms. The zero-order valence-corrected chi connectivity index (χ0v) is 22.0. The van der Waals surface area contributed by atoms with E-state index in [-0.39, 0.29) is 30.4 Å². The van der Waals surface area contributed by atoms with E-state index < -0.39 is 29.7 Å². The Bertz CT molecular complexity index is 1130. The number of ether oxygens (including phenoxy) is 3. The van der Waals surface area contributed by atoms with Crippen molar-refractivity contribution in [3.05, 3.63) is 50.8 Å². The Hall–Kier alpha value is -2.72. The first kappa shape index (κ1) is 29.5. The van der Waals surface area contributed by atoms with Crippen molar-refractivity contribution in [1.82, 2.24) is 4.68 Å². The molecule has 1 aromatic carbocycles. The van der Waals surface area contributed by atoms with Crippen LogP contribution in [0.15, 0.2) is 29.2 Å². The summed E-state index contributed by atoms with van der Waals surface area (Å²) in [7, 11) is 0. The van der Waals surface area contributed by atoms with E-state index in [1.54, 1.807) is 23.7 Å². The van der Waals surface area contributed by atoms with E-state index in [4.69, 9.17) is 21.1 Å². The summed E-state index contributed by atoms with van der Waals surface area (Å²) in [5, 5.41) is 2.20. The van der Waals surface area contributed by atoms with Crippen LogP contribution in [0.4, 0.5) is 13.2 Å². The zero-order valence-electron chi connectivity index (χ0n) is 21.3. The average molecular weight is 533 g/mol. The number of halogens is 4. The zero-order chi connectivity index (χ0) is 27.3. The summed E-state index contributed by atoms with van der Waals surface area (Å²) in [6.45, 7) is 10.4. The molecule has 0 saturated carbocycles. The molecular weight excluding hydrogens is 501 g/mol. The van der Waals surface area contributed by atoms with Gasteiger partial charge in [-0.15, -0.1) is 0 Å². The van der Waals surface area contributed by atoms with E-state index in [0.717, 1.165) is 5.56 Å². The summed E-state index contributed by atoms with van der Waals surface area (Å²) in [6, 6.07) is 4.70. The average Bonchev–Trinajstić information content (AvgIpc) is 2.78. The fourth-order valence-corrected chi connectivity index (χ4v) is 3.78. The van der Waals surface area contributed by atoms with Crippen LogP contribution in [0.3, 0.4) is 0 Å². The summed E-state index contributed by atoms with van der Waals surface area (Å²) in [4.78, 5) is 25.0. The molecule has 0 bridgehead atoms. The Morgan fingerprint density at radius 2 is 1.78 bits per heavy atom. The normalized spacial score (nSPS) is 12.8. The van der Waals surface area contributed by atoms with Crippen LogP contribution >= 0.6 is 11.6 Å². The number of hydrogen-bond acceptors (Lipinski definition) is 6. The molecule has 0 aliphatic carbocycles. The number of pyridine rings is 1. The van der Waals surface area contributed by atoms with Crippen LogP contribution in [0.5, 0.6) is 5.75 Å². The largest absolute Gasteiger partial charge is 0.490 e. The van der Waals surface area contributed by atoms with E-state index in [1.807, 2.05) is 39.6 Å². The molecule has 1 aromatic heterocycles. The summed E-state index contributed by atoms with van der Waals surface area (Å²) >= 11 is 6.38. The molecule has 0 fully saturated rings. The van der Waals surface area contributed by atoms with Gasteiger partial charge in [0, 0.05) is 23.4 Å². The van der Waals surface area contributed by atoms with E-state index in [1.165, 1.54) is 12.3 Å². The van der Waals surface area contributed by atoms with Crippen molar-refractivity contribution < 1.29 is 32.2 Å². The van der Waals surface area contributed by atoms with E-state index in [0.29, 0.717) is 23.6 Å². The lowest BCUT2D eigenvalue weighted by molar-refractivity contribution is -0.175. The third-order valence-corrected chi connectivity index (χ3v) is 5.36. The third kappa shape index (κ3) is 7.16. The smallest absolute Gasteiger partial charge is 0.411 e. The quantitative estimate of drug-likeness (QED) is 0.342. The molecule has 1 aliphatic rings. The molecule has 0 radical (unpaired) electrons. The first-order chi connectivity index (χ1) is 16.8. The molecular formula is C25H32ClF3N2O5. The minimum Gasteiger partial charge on any atom is -0.490 e. The van der Waals surface area contributed by atoms with Gasteiger partial charge in [-0.2, -0.15) is 13.2 Å². The van der Waals surface area contributed by atoms with E-state index in [9.17, 15) is 22.8 Å². The summed E-state index contributed by atoms with van der Waals surface area (Å²) in [5.41, 5.74) is 1.06. The highest BCUT2D eigenvalue weighted by molar-refractivity contribution is 6.32. The Morgan fingerprint density at radius 1 is 1.11 bits per heavy atom. The minimum atomic E-state index is -4.40. The van der Waals surface area contributed by atoms with Gasteiger partial charge in [-0.1, -0.05) is 25.4 Å². The van der Waals surface area contributed by atoms with Crippen LogP contribution in [0, 0.1) is 0 Å². The topological polar surface area (TPSA) is 70.0 Å². The van der Waals surface area contributed by atoms with Crippen LogP contribution in [0.2, 0.25) is 5.02 Å². The molecule has 0 unspecified atom stereocenters. The molecule has 0 atom stereocenters. The number of alkyl halides is 3. The maximum Gasteiger partial charge on any atom is 0.411 e. The minimum absolute atomic E-state index is 0.0757. The van der Waals surface area contributed by atoms with Crippen molar-refractivity contribution in [2.45, 2.75) is 59.8 Å². The molecule has 3 rings (SSSR count). The van der Waals surface area contributed by atoms with Gasteiger partial charge in [0.05, 0.1) is 30.5 Å². The number of rotatable bonds is 7. The number of carbonyl (C=O) groups excluding carboxylic acids is 1. The fraction of sp³-hybridized carbons (Fsp3) is 0.520. The Kier molecular flexibility index (Phi) is 9.85.